The molecule has 6 heteroatoms. The second-order valence-electron chi connectivity index (χ2n) is 4.28. The first-order chi connectivity index (χ1) is 9.79. The second kappa shape index (κ2) is 10.4. The van der Waals surface area contributed by atoms with Crippen LogP contribution in [0.25, 0.3) is 0 Å². The van der Waals surface area contributed by atoms with E-state index in [2.05, 4.69) is 24.8 Å². The number of thiol groups is 1. The minimum atomic E-state index is -2.48. The topological polar surface area (TPSA) is 36.9 Å². The van der Waals surface area contributed by atoms with Crippen LogP contribution in [0.5, 0.6) is 0 Å². The summed E-state index contributed by atoms with van der Waals surface area (Å²) >= 11 is 4.37. The van der Waals surface area contributed by atoms with Crippen LogP contribution >= 0.6 is 12.6 Å². The maximum atomic E-state index is 6.13. The maximum Gasteiger partial charge on any atom is 0.373 e. The third kappa shape index (κ3) is 5.55. The first-order valence-electron chi connectivity index (χ1n) is 6.71. The van der Waals surface area contributed by atoms with E-state index in [0.717, 1.165) is 17.0 Å². The van der Waals surface area contributed by atoms with Crippen LogP contribution in [-0.2, 0) is 18.3 Å². The number of benzene rings is 1. The average molecular weight is 316 g/mol. The van der Waals surface area contributed by atoms with Gasteiger partial charge in [-0.15, -0.1) is 0 Å². The molecule has 0 aromatic heterocycles. The number of hydrogen-bond acceptors (Lipinski definition) is 5. The summed E-state index contributed by atoms with van der Waals surface area (Å²) in [5, 5.41) is 1.13. The highest BCUT2D eigenvalue weighted by Crippen LogP contribution is 2.15. The summed E-state index contributed by atoms with van der Waals surface area (Å²) in [6, 6.07) is 10.9. The predicted octanol–water partition coefficient (Wildman–Crippen LogP) is 1.59. The Morgan fingerprint density at radius 3 is 1.90 bits per heavy atom. The zero-order chi connectivity index (χ0) is 14.7. The fraction of sp³-hybridized carbons (Fsp3) is 0.571. The van der Waals surface area contributed by atoms with Gasteiger partial charge in [-0.2, -0.15) is 12.6 Å². The first kappa shape index (κ1) is 17.7. The van der Waals surface area contributed by atoms with Crippen LogP contribution in [0, 0.1) is 0 Å². The van der Waals surface area contributed by atoms with Gasteiger partial charge in [-0.25, -0.2) is 0 Å². The molecule has 0 heterocycles. The number of ether oxygens (including phenoxy) is 2. The fourth-order valence-corrected chi connectivity index (χ4v) is 5.61. The van der Waals surface area contributed by atoms with Crippen molar-refractivity contribution in [3.8, 4) is 0 Å². The Morgan fingerprint density at radius 2 is 1.45 bits per heavy atom. The Hall–Kier alpha value is -0.373. The molecule has 0 aliphatic carbocycles. The van der Waals surface area contributed by atoms with Crippen molar-refractivity contribution in [2.45, 2.75) is 6.04 Å². The van der Waals surface area contributed by atoms with Gasteiger partial charge in [-0.05, 0) is 10.9 Å². The minimum absolute atomic E-state index is 0.526. The molecule has 20 heavy (non-hydrogen) atoms. The first-order valence-corrected chi connectivity index (χ1v) is 9.37. The third-order valence-corrected chi connectivity index (χ3v) is 7.01. The molecule has 0 bridgehead atoms. The Balaban J connectivity index is 2.86. The molecule has 0 aliphatic heterocycles. The Kier molecular flexibility index (Phi) is 9.16. The molecule has 1 rings (SSSR count). The summed E-state index contributed by atoms with van der Waals surface area (Å²) in [4.78, 5) is 0. The van der Waals surface area contributed by atoms with E-state index in [-0.39, 0.29) is 0 Å². The third-order valence-electron chi connectivity index (χ3n) is 2.90. The van der Waals surface area contributed by atoms with Crippen molar-refractivity contribution in [3.05, 3.63) is 30.3 Å². The molecule has 0 spiro atoms. The summed E-state index contributed by atoms with van der Waals surface area (Å²) in [5.41, 5.74) is 0. The van der Waals surface area contributed by atoms with Crippen molar-refractivity contribution in [2.75, 3.05) is 46.4 Å². The molecule has 1 aromatic carbocycles. The molecular weight excluding hydrogens is 292 g/mol. The molecule has 0 N–H and O–H groups in total. The lowest BCUT2D eigenvalue weighted by Gasteiger charge is -2.30. The van der Waals surface area contributed by atoms with E-state index >= 15 is 0 Å². The molecule has 0 aliphatic rings. The van der Waals surface area contributed by atoms with Crippen molar-refractivity contribution in [1.82, 2.24) is 0 Å². The highest BCUT2D eigenvalue weighted by molar-refractivity contribution is 7.80. The van der Waals surface area contributed by atoms with Crippen LogP contribution in [0.1, 0.15) is 0 Å². The van der Waals surface area contributed by atoms with Gasteiger partial charge in [-0.3, -0.25) is 0 Å². The predicted molar refractivity (Wildman–Crippen MR) is 86.1 cm³/mol. The van der Waals surface area contributed by atoms with E-state index in [1.807, 2.05) is 18.2 Å². The molecule has 0 saturated carbocycles. The monoisotopic (exact) mass is 316 g/mol. The second-order valence-corrected chi connectivity index (χ2v) is 7.88. The van der Waals surface area contributed by atoms with E-state index in [1.165, 1.54) is 0 Å². The van der Waals surface area contributed by atoms with Gasteiger partial charge >= 0.3 is 8.56 Å². The van der Waals surface area contributed by atoms with Gasteiger partial charge < -0.3 is 18.3 Å². The van der Waals surface area contributed by atoms with Gasteiger partial charge in [0.1, 0.15) is 0 Å². The zero-order valence-corrected chi connectivity index (χ0v) is 14.1. The molecule has 114 valence electrons. The van der Waals surface area contributed by atoms with Gasteiger partial charge in [0.15, 0.2) is 0 Å². The van der Waals surface area contributed by atoms with Crippen LogP contribution in [0.2, 0.25) is 6.04 Å². The Bertz CT molecular complexity index is 340. The quantitative estimate of drug-likeness (QED) is 0.382. The smallest absolute Gasteiger partial charge is 0.373 e. The number of rotatable bonds is 11. The van der Waals surface area contributed by atoms with Gasteiger partial charge in [0, 0.05) is 20.3 Å². The lowest BCUT2D eigenvalue weighted by molar-refractivity contribution is 0.0922. The van der Waals surface area contributed by atoms with E-state index in [0.29, 0.717) is 26.4 Å². The maximum absolute atomic E-state index is 6.13. The Morgan fingerprint density at radius 1 is 0.900 bits per heavy atom. The van der Waals surface area contributed by atoms with Crippen LogP contribution in [0.4, 0.5) is 0 Å². The molecule has 4 nitrogen and oxygen atoms in total. The highest BCUT2D eigenvalue weighted by atomic mass is 32.1. The van der Waals surface area contributed by atoms with Crippen LogP contribution in [-0.4, -0.2) is 55.0 Å². The van der Waals surface area contributed by atoms with Gasteiger partial charge in [0.05, 0.1) is 26.4 Å². The summed E-state index contributed by atoms with van der Waals surface area (Å²) in [5.74, 6) is 0.723. The van der Waals surface area contributed by atoms with Crippen molar-refractivity contribution in [3.63, 3.8) is 0 Å². The molecular formula is C14H24O4SSi. The molecule has 0 fully saturated rings. The van der Waals surface area contributed by atoms with Gasteiger partial charge in [0.2, 0.25) is 0 Å². The lowest BCUT2D eigenvalue weighted by atomic mass is 10.4. The van der Waals surface area contributed by atoms with E-state index in [1.54, 1.807) is 14.2 Å². The standard InChI is InChI=1S/C14H24O4SSi/c1-15-8-10-17-20(13-12-19,18-11-9-16-2)14-6-4-3-5-7-14/h3-7,19H,8-13H2,1-2H3. The molecule has 0 unspecified atom stereocenters. The zero-order valence-electron chi connectivity index (χ0n) is 12.2. The Labute approximate surface area is 128 Å². The summed E-state index contributed by atoms with van der Waals surface area (Å²) in [6.45, 7) is 2.17. The fourth-order valence-electron chi connectivity index (χ4n) is 1.92. The van der Waals surface area contributed by atoms with Crippen molar-refractivity contribution in [1.29, 1.82) is 0 Å². The van der Waals surface area contributed by atoms with Gasteiger partial charge in [0.25, 0.3) is 0 Å². The van der Waals surface area contributed by atoms with Crippen molar-refractivity contribution in [2.24, 2.45) is 0 Å². The molecule has 0 saturated heterocycles. The SMILES string of the molecule is COCCO[Si](CCS)(OCCOC)c1ccccc1. The number of hydrogen-bond donors (Lipinski definition) is 1. The normalized spacial score (nSPS) is 11.8. The average Bonchev–Trinajstić information content (AvgIpc) is 2.48. The lowest BCUT2D eigenvalue weighted by Crippen LogP contribution is -2.55. The van der Waals surface area contributed by atoms with Crippen molar-refractivity contribution >= 4 is 26.4 Å². The molecule has 0 atom stereocenters. The summed E-state index contributed by atoms with van der Waals surface area (Å²) in [6.07, 6.45) is 0. The highest BCUT2D eigenvalue weighted by Gasteiger charge is 2.39. The minimum Gasteiger partial charge on any atom is -0.389 e. The van der Waals surface area contributed by atoms with Crippen molar-refractivity contribution < 1.29 is 18.3 Å². The molecule has 1 aromatic rings. The van der Waals surface area contributed by atoms with Crippen LogP contribution in [0.15, 0.2) is 30.3 Å². The largest absolute Gasteiger partial charge is 0.389 e. The summed E-state index contributed by atoms with van der Waals surface area (Å²) < 4.78 is 22.4. The molecule has 0 radical (unpaired) electrons. The van der Waals surface area contributed by atoms with Gasteiger partial charge in [-0.1, -0.05) is 30.3 Å². The number of methoxy groups -OCH3 is 2. The van der Waals surface area contributed by atoms with E-state index in [4.69, 9.17) is 18.3 Å². The van der Waals surface area contributed by atoms with Crippen LogP contribution < -0.4 is 5.19 Å². The molecule has 0 amide bonds. The van der Waals surface area contributed by atoms with E-state index < -0.39 is 8.56 Å². The van der Waals surface area contributed by atoms with E-state index in [9.17, 15) is 0 Å². The summed E-state index contributed by atoms with van der Waals surface area (Å²) in [7, 11) is 0.850. The van der Waals surface area contributed by atoms with Crippen LogP contribution in [0.3, 0.4) is 0 Å².